The molecule has 0 amide bonds. The predicted molar refractivity (Wildman–Crippen MR) is 183 cm³/mol. The lowest BCUT2D eigenvalue weighted by atomic mass is 9.99. The smallest absolute Gasteiger partial charge is 0.238 e. The quantitative estimate of drug-likeness (QED) is 0.205. The van der Waals surface area contributed by atoms with Crippen LogP contribution in [0.4, 0.5) is 0 Å². The molecule has 9 aromatic rings. The van der Waals surface area contributed by atoms with Gasteiger partial charge in [0.05, 0.1) is 23.4 Å². The van der Waals surface area contributed by atoms with E-state index in [0.717, 1.165) is 25.7 Å². The van der Waals surface area contributed by atoms with Crippen LogP contribution in [0.15, 0.2) is 145 Å². The topological polar surface area (TPSA) is 43.6 Å². The van der Waals surface area contributed by atoms with Crippen molar-refractivity contribution in [3.8, 4) is 39.9 Å². The van der Waals surface area contributed by atoms with Crippen LogP contribution in [-0.2, 0) is 0 Å². The Labute approximate surface area is 270 Å². The van der Waals surface area contributed by atoms with Crippen molar-refractivity contribution in [3.05, 3.63) is 145 Å². The van der Waals surface area contributed by atoms with Crippen molar-refractivity contribution in [2.75, 3.05) is 0 Å². The molecule has 206 valence electrons. The summed E-state index contributed by atoms with van der Waals surface area (Å²) in [5.41, 5.74) is 1.99. The third-order valence-electron chi connectivity index (χ3n) is 7.69. The number of hydrogen-bond donors (Lipinski definition) is 0. The van der Waals surface area contributed by atoms with Crippen molar-refractivity contribution < 1.29 is 12.3 Å². The highest BCUT2D eigenvalue weighted by molar-refractivity contribution is 7.25. The van der Waals surface area contributed by atoms with Crippen molar-refractivity contribution in [1.82, 2.24) is 19.5 Å². The zero-order valence-electron chi connectivity index (χ0n) is 31.9. The molecular formula is C39H24N4S. The summed E-state index contributed by atoms with van der Waals surface area (Å²) in [6.07, 6.45) is 0. The van der Waals surface area contributed by atoms with Gasteiger partial charge in [0.15, 0.2) is 11.6 Å². The fourth-order valence-corrected chi connectivity index (χ4v) is 6.96. The lowest BCUT2D eigenvalue weighted by Gasteiger charge is -2.12. The predicted octanol–water partition coefficient (Wildman–Crippen LogP) is 10.3. The lowest BCUT2D eigenvalue weighted by molar-refractivity contribution is 0.954. The Morgan fingerprint density at radius 3 is 2.14 bits per heavy atom. The summed E-state index contributed by atoms with van der Waals surface area (Å²) in [6, 6.07) is 24.3. The van der Waals surface area contributed by atoms with E-state index in [1.54, 1.807) is 34.1 Å². The Balaban J connectivity index is 1.45. The molecule has 0 fully saturated rings. The minimum absolute atomic E-state index is 0.0705. The number of thiophene rings is 1. The average Bonchev–Trinajstić information content (AvgIpc) is 3.75. The first-order valence-electron chi connectivity index (χ1n) is 18.4. The Morgan fingerprint density at radius 1 is 0.500 bits per heavy atom. The first-order valence-corrected chi connectivity index (χ1v) is 14.7. The maximum atomic E-state index is 9.18. The van der Waals surface area contributed by atoms with Crippen molar-refractivity contribution in [3.63, 3.8) is 0 Å². The summed E-state index contributed by atoms with van der Waals surface area (Å²) in [7, 11) is 0. The zero-order chi connectivity index (χ0) is 36.9. The van der Waals surface area contributed by atoms with Crippen molar-refractivity contribution in [2.24, 2.45) is 0 Å². The molecule has 3 aromatic heterocycles. The molecule has 0 unspecified atom stereocenters. The normalized spacial score (nSPS) is 14.5. The molecule has 0 bridgehead atoms. The van der Waals surface area contributed by atoms with Crippen LogP contribution in [-0.4, -0.2) is 19.5 Å². The van der Waals surface area contributed by atoms with Gasteiger partial charge in [-0.1, -0.05) is 121 Å². The minimum atomic E-state index is -0.542. The van der Waals surface area contributed by atoms with E-state index >= 15 is 0 Å². The van der Waals surface area contributed by atoms with E-state index in [2.05, 4.69) is 12.1 Å². The summed E-state index contributed by atoms with van der Waals surface area (Å²) in [5.74, 6) is 0.758. The number of benzene rings is 6. The molecule has 4 nitrogen and oxygen atoms in total. The van der Waals surface area contributed by atoms with Gasteiger partial charge >= 0.3 is 0 Å². The number of aromatic nitrogens is 4. The third kappa shape index (κ3) is 3.87. The van der Waals surface area contributed by atoms with Gasteiger partial charge in [-0.15, -0.1) is 11.3 Å². The minimum Gasteiger partial charge on any atom is -0.278 e. The van der Waals surface area contributed by atoms with Crippen molar-refractivity contribution >= 4 is 53.3 Å². The van der Waals surface area contributed by atoms with Gasteiger partial charge < -0.3 is 0 Å². The van der Waals surface area contributed by atoms with Gasteiger partial charge in [-0.25, -0.2) is 4.98 Å². The molecule has 5 heteroatoms. The van der Waals surface area contributed by atoms with E-state index < -0.39 is 42.3 Å². The maximum Gasteiger partial charge on any atom is 0.238 e. The second kappa shape index (κ2) is 9.97. The first kappa shape index (κ1) is 17.5. The van der Waals surface area contributed by atoms with E-state index in [1.807, 2.05) is 60.7 Å². The lowest BCUT2D eigenvalue weighted by Crippen LogP contribution is -2.06. The standard InChI is InChI=1S/C39H24N4S/c1-3-13-25(14-4-1)27-19-11-22-32-35(27)28-17-7-9-21-31(28)43(32)39-41-37(26-15-5-2-6-16-26)40-38(42-39)30-20-12-24-34-36(30)29-18-8-10-23-33(29)44-34/h1-24H/i1D,3D,4D,7D,9D,13D,14D,17D,21D. The summed E-state index contributed by atoms with van der Waals surface area (Å²) < 4.78 is 81.8. The highest BCUT2D eigenvalue weighted by Crippen LogP contribution is 2.41. The second-order valence-corrected chi connectivity index (χ2v) is 11.3. The summed E-state index contributed by atoms with van der Waals surface area (Å²) in [6.45, 7) is 0. The Bertz CT molecular complexity index is 2990. The molecule has 0 aliphatic carbocycles. The maximum absolute atomic E-state index is 9.18. The molecule has 0 spiro atoms. The van der Waals surface area contributed by atoms with Crippen LogP contribution in [0, 0.1) is 0 Å². The number of rotatable bonds is 4. The van der Waals surface area contributed by atoms with Gasteiger partial charge in [-0.2, -0.15) is 9.97 Å². The molecule has 44 heavy (non-hydrogen) atoms. The van der Waals surface area contributed by atoms with Crippen molar-refractivity contribution in [2.45, 2.75) is 0 Å². The second-order valence-electron chi connectivity index (χ2n) is 10.2. The molecule has 9 rings (SSSR count). The fraction of sp³-hybridized carbons (Fsp3) is 0. The summed E-state index contributed by atoms with van der Waals surface area (Å²) in [4.78, 5) is 15.0. The van der Waals surface area contributed by atoms with Crippen molar-refractivity contribution in [1.29, 1.82) is 0 Å². The first-order chi connectivity index (χ1) is 25.6. The van der Waals surface area contributed by atoms with Gasteiger partial charge in [0.2, 0.25) is 5.95 Å². The van der Waals surface area contributed by atoms with Crippen LogP contribution in [0.2, 0.25) is 0 Å². The van der Waals surface area contributed by atoms with E-state index in [4.69, 9.17) is 25.9 Å². The monoisotopic (exact) mass is 589 g/mol. The van der Waals surface area contributed by atoms with Crippen LogP contribution in [0.3, 0.4) is 0 Å². The molecule has 0 aliphatic heterocycles. The highest BCUT2D eigenvalue weighted by Gasteiger charge is 2.21. The molecule has 0 saturated carbocycles. The van der Waals surface area contributed by atoms with E-state index in [1.165, 1.54) is 0 Å². The average molecular weight is 590 g/mol. The largest absolute Gasteiger partial charge is 0.278 e. The molecular weight excluding hydrogens is 557 g/mol. The van der Waals surface area contributed by atoms with Gasteiger partial charge in [-0.3, -0.25) is 4.57 Å². The molecule has 0 atom stereocenters. The summed E-state index contributed by atoms with van der Waals surface area (Å²) in [5, 5.41) is 2.38. The molecule has 0 saturated heterocycles. The van der Waals surface area contributed by atoms with Crippen LogP contribution >= 0.6 is 11.3 Å². The van der Waals surface area contributed by atoms with Gasteiger partial charge in [-0.05, 0) is 35.4 Å². The van der Waals surface area contributed by atoms with Crippen LogP contribution in [0.25, 0.3) is 81.8 Å². The van der Waals surface area contributed by atoms with Gasteiger partial charge in [0, 0.05) is 42.1 Å². The summed E-state index contributed by atoms with van der Waals surface area (Å²) >= 11 is 1.66. The number of nitrogens with zero attached hydrogens (tertiary/aromatic N) is 4. The molecule has 6 aromatic carbocycles. The fourth-order valence-electron chi connectivity index (χ4n) is 5.83. The Morgan fingerprint density at radius 2 is 1.23 bits per heavy atom. The van der Waals surface area contributed by atoms with E-state index in [9.17, 15) is 1.37 Å². The highest BCUT2D eigenvalue weighted by atomic mass is 32.1. The van der Waals surface area contributed by atoms with Crippen LogP contribution in [0.1, 0.15) is 12.3 Å². The molecule has 3 heterocycles. The molecule has 0 radical (unpaired) electrons. The van der Waals surface area contributed by atoms with E-state index in [0.29, 0.717) is 22.7 Å². The molecule has 0 aliphatic rings. The van der Waals surface area contributed by atoms with E-state index in [-0.39, 0.29) is 45.4 Å². The Hall–Kier alpha value is -5.65. The van der Waals surface area contributed by atoms with Crippen LogP contribution < -0.4 is 0 Å². The van der Waals surface area contributed by atoms with Crippen LogP contribution in [0.5, 0.6) is 0 Å². The number of fused-ring (bicyclic) bond motifs is 6. The SMILES string of the molecule is [2H]c1c([2H])c([2H])c(-c2cccc3c2c2c([2H])c([2H])c([2H])c([2H])c2n3-c2nc(-c3ccccc3)nc(-c3cccc4sc5ccccc5c34)n2)c([2H])c1[2H]. The number of para-hydroxylation sites is 1. The van der Waals surface area contributed by atoms with Gasteiger partial charge in [0.25, 0.3) is 0 Å². The van der Waals surface area contributed by atoms with Gasteiger partial charge in [0.1, 0.15) is 0 Å². The molecule has 0 N–H and O–H groups in total. The third-order valence-corrected chi connectivity index (χ3v) is 8.83. The number of hydrogen-bond acceptors (Lipinski definition) is 4. The zero-order valence-corrected chi connectivity index (χ0v) is 23.7. The Kier molecular flexibility index (Phi) is 3.96.